The molecule has 1 heterocycles. The second-order valence-corrected chi connectivity index (χ2v) is 5.36. The molecule has 0 saturated heterocycles. The normalized spacial score (nSPS) is 22.0. The molecule has 2 atom stereocenters. The van der Waals surface area contributed by atoms with Gasteiger partial charge in [0.25, 0.3) is 0 Å². The second kappa shape index (κ2) is 5.52. The molecule has 1 aliphatic rings. The molecule has 106 valence electrons. The van der Waals surface area contributed by atoms with E-state index in [4.69, 9.17) is 4.42 Å². The van der Waals surface area contributed by atoms with Crippen LogP contribution in [-0.2, 0) is 9.59 Å². The van der Waals surface area contributed by atoms with Gasteiger partial charge in [0, 0.05) is 5.92 Å². The van der Waals surface area contributed by atoms with Crippen LogP contribution in [-0.4, -0.2) is 11.6 Å². The van der Waals surface area contributed by atoms with Crippen LogP contribution in [0.4, 0.5) is 0 Å². The molecule has 2 aromatic rings. The maximum absolute atomic E-state index is 12.4. The van der Waals surface area contributed by atoms with Gasteiger partial charge in [0.15, 0.2) is 5.78 Å². The first-order chi connectivity index (χ1) is 10.2. The van der Waals surface area contributed by atoms with Crippen LogP contribution in [0, 0.1) is 5.92 Å². The van der Waals surface area contributed by atoms with Crippen molar-refractivity contribution in [3.05, 3.63) is 66.1 Å². The standard InChI is InChI=1S/C18H16O3/c1-12(19)18-15(13-6-3-2-4-7-13)10-14(11-16(18)20)17-8-5-9-21-17/h2-9,11,15,18H,10H2,1H3/t15-,18+/m1/s1. The summed E-state index contributed by atoms with van der Waals surface area (Å²) in [5, 5.41) is 0. The molecule has 1 aliphatic carbocycles. The number of rotatable bonds is 3. The maximum Gasteiger partial charge on any atom is 0.167 e. The lowest BCUT2D eigenvalue weighted by Crippen LogP contribution is -2.31. The minimum Gasteiger partial charge on any atom is -0.465 e. The Labute approximate surface area is 123 Å². The number of carbonyl (C=O) groups is 2. The zero-order chi connectivity index (χ0) is 14.8. The fraction of sp³-hybridized carbons (Fsp3) is 0.222. The van der Waals surface area contributed by atoms with E-state index in [0.29, 0.717) is 12.2 Å². The van der Waals surface area contributed by atoms with E-state index in [1.165, 1.54) is 6.92 Å². The summed E-state index contributed by atoms with van der Waals surface area (Å²) in [5.41, 5.74) is 1.87. The summed E-state index contributed by atoms with van der Waals surface area (Å²) in [4.78, 5) is 24.3. The second-order valence-electron chi connectivity index (χ2n) is 5.36. The van der Waals surface area contributed by atoms with Gasteiger partial charge >= 0.3 is 0 Å². The molecule has 1 aromatic carbocycles. The molecule has 0 N–H and O–H groups in total. The highest BCUT2D eigenvalue weighted by Gasteiger charge is 2.37. The van der Waals surface area contributed by atoms with Crippen LogP contribution in [0.3, 0.4) is 0 Å². The third-order valence-electron chi connectivity index (χ3n) is 3.97. The summed E-state index contributed by atoms with van der Waals surface area (Å²) in [7, 11) is 0. The zero-order valence-electron chi connectivity index (χ0n) is 11.8. The minimum atomic E-state index is -0.592. The lowest BCUT2D eigenvalue weighted by molar-refractivity contribution is -0.130. The summed E-state index contributed by atoms with van der Waals surface area (Å²) < 4.78 is 5.40. The van der Waals surface area contributed by atoms with Gasteiger partial charge in [-0.25, -0.2) is 0 Å². The minimum absolute atomic E-state index is 0.0800. The van der Waals surface area contributed by atoms with Crippen molar-refractivity contribution in [2.45, 2.75) is 19.3 Å². The van der Waals surface area contributed by atoms with Crippen molar-refractivity contribution in [1.82, 2.24) is 0 Å². The monoisotopic (exact) mass is 280 g/mol. The van der Waals surface area contributed by atoms with Crippen LogP contribution < -0.4 is 0 Å². The van der Waals surface area contributed by atoms with Crippen molar-refractivity contribution in [2.24, 2.45) is 5.92 Å². The summed E-state index contributed by atoms with van der Waals surface area (Å²) >= 11 is 0. The van der Waals surface area contributed by atoms with Gasteiger partial charge in [-0.05, 0) is 42.7 Å². The van der Waals surface area contributed by atoms with E-state index in [1.807, 2.05) is 36.4 Å². The van der Waals surface area contributed by atoms with Crippen molar-refractivity contribution in [2.75, 3.05) is 0 Å². The average molecular weight is 280 g/mol. The Morgan fingerprint density at radius 1 is 1.14 bits per heavy atom. The number of allylic oxidation sites excluding steroid dienone is 2. The molecule has 3 nitrogen and oxygen atoms in total. The summed E-state index contributed by atoms with van der Waals surface area (Å²) in [6.07, 6.45) is 3.78. The predicted molar refractivity (Wildman–Crippen MR) is 79.7 cm³/mol. The Bertz CT molecular complexity index is 681. The van der Waals surface area contributed by atoms with Crippen LogP contribution in [0.1, 0.15) is 30.6 Å². The number of benzene rings is 1. The summed E-state index contributed by atoms with van der Waals surface area (Å²) in [6, 6.07) is 13.4. The van der Waals surface area contributed by atoms with Crippen molar-refractivity contribution in [1.29, 1.82) is 0 Å². The first-order valence-corrected chi connectivity index (χ1v) is 7.00. The molecule has 0 radical (unpaired) electrons. The van der Waals surface area contributed by atoms with Gasteiger partial charge < -0.3 is 4.42 Å². The van der Waals surface area contributed by atoms with Crippen molar-refractivity contribution >= 4 is 17.1 Å². The molecule has 1 aromatic heterocycles. The topological polar surface area (TPSA) is 47.3 Å². The smallest absolute Gasteiger partial charge is 0.167 e. The van der Waals surface area contributed by atoms with Crippen molar-refractivity contribution in [3.8, 4) is 0 Å². The van der Waals surface area contributed by atoms with Crippen LogP contribution in [0.5, 0.6) is 0 Å². The van der Waals surface area contributed by atoms with E-state index < -0.39 is 5.92 Å². The molecular weight excluding hydrogens is 264 g/mol. The molecule has 21 heavy (non-hydrogen) atoms. The van der Waals surface area contributed by atoms with Gasteiger partial charge in [-0.2, -0.15) is 0 Å². The number of furan rings is 1. The van der Waals surface area contributed by atoms with E-state index in [2.05, 4.69) is 0 Å². The average Bonchev–Trinajstić information content (AvgIpc) is 3.01. The van der Waals surface area contributed by atoms with Crippen LogP contribution in [0.25, 0.3) is 5.57 Å². The molecule has 3 rings (SSSR count). The van der Waals surface area contributed by atoms with Crippen LogP contribution >= 0.6 is 0 Å². The summed E-state index contributed by atoms with van der Waals surface area (Å²) in [5.74, 6) is -0.226. The van der Waals surface area contributed by atoms with E-state index in [-0.39, 0.29) is 17.5 Å². The van der Waals surface area contributed by atoms with Crippen molar-refractivity contribution < 1.29 is 14.0 Å². The Morgan fingerprint density at radius 2 is 1.90 bits per heavy atom. The Kier molecular flexibility index (Phi) is 3.57. The molecule has 0 saturated carbocycles. The van der Waals surface area contributed by atoms with Gasteiger partial charge in [-0.3, -0.25) is 9.59 Å². The Balaban J connectivity index is 2.03. The number of hydrogen-bond donors (Lipinski definition) is 0. The molecule has 0 bridgehead atoms. The van der Waals surface area contributed by atoms with Gasteiger partial charge in [0.05, 0.1) is 12.2 Å². The van der Waals surface area contributed by atoms with E-state index in [1.54, 1.807) is 18.4 Å². The fourth-order valence-corrected chi connectivity index (χ4v) is 3.00. The van der Waals surface area contributed by atoms with Gasteiger partial charge in [0.2, 0.25) is 0 Å². The molecule has 3 heteroatoms. The molecule has 0 aliphatic heterocycles. The highest BCUT2D eigenvalue weighted by Crippen LogP contribution is 2.40. The highest BCUT2D eigenvalue weighted by molar-refractivity contribution is 6.11. The fourth-order valence-electron chi connectivity index (χ4n) is 3.00. The largest absolute Gasteiger partial charge is 0.465 e. The Hall–Kier alpha value is -2.42. The highest BCUT2D eigenvalue weighted by atomic mass is 16.3. The lowest BCUT2D eigenvalue weighted by atomic mass is 9.73. The third-order valence-corrected chi connectivity index (χ3v) is 3.97. The molecule has 0 unspecified atom stereocenters. The number of hydrogen-bond acceptors (Lipinski definition) is 3. The molecule has 0 spiro atoms. The first-order valence-electron chi connectivity index (χ1n) is 7.00. The quantitative estimate of drug-likeness (QED) is 0.807. The van der Waals surface area contributed by atoms with Gasteiger partial charge in [-0.15, -0.1) is 0 Å². The number of carbonyl (C=O) groups excluding carboxylic acids is 2. The lowest BCUT2D eigenvalue weighted by Gasteiger charge is -2.28. The zero-order valence-corrected chi connectivity index (χ0v) is 11.8. The SMILES string of the molecule is CC(=O)[C@@H]1C(=O)C=C(c2ccco2)C[C@@H]1c1ccccc1. The molecule has 0 amide bonds. The van der Waals surface area contributed by atoms with Crippen LogP contribution in [0.15, 0.2) is 59.2 Å². The van der Waals surface area contributed by atoms with Gasteiger partial charge in [-0.1, -0.05) is 30.3 Å². The predicted octanol–water partition coefficient (Wildman–Crippen LogP) is 3.62. The van der Waals surface area contributed by atoms with Crippen molar-refractivity contribution in [3.63, 3.8) is 0 Å². The van der Waals surface area contributed by atoms with E-state index >= 15 is 0 Å². The summed E-state index contributed by atoms with van der Waals surface area (Å²) in [6.45, 7) is 1.49. The van der Waals surface area contributed by atoms with E-state index in [0.717, 1.165) is 11.1 Å². The van der Waals surface area contributed by atoms with Gasteiger partial charge in [0.1, 0.15) is 11.5 Å². The molecular formula is C18H16O3. The Morgan fingerprint density at radius 3 is 2.52 bits per heavy atom. The molecule has 0 fully saturated rings. The van der Waals surface area contributed by atoms with E-state index in [9.17, 15) is 9.59 Å². The third kappa shape index (κ3) is 2.59. The first kappa shape index (κ1) is 13.6. The number of ketones is 2. The van der Waals surface area contributed by atoms with Crippen LogP contribution in [0.2, 0.25) is 0 Å². The maximum atomic E-state index is 12.4. The number of Topliss-reactive ketones (excluding diaryl/α,β-unsaturated/α-hetero) is 1.